The van der Waals surface area contributed by atoms with Crippen LogP contribution in [0.25, 0.3) is 0 Å². The molecule has 0 saturated carbocycles. The lowest BCUT2D eigenvalue weighted by atomic mass is 9.73. The molecule has 0 amide bonds. The van der Waals surface area contributed by atoms with E-state index < -0.39 is 0 Å². The number of hydrogen-bond acceptors (Lipinski definition) is 6. The van der Waals surface area contributed by atoms with Crippen LogP contribution in [0.1, 0.15) is 20.3 Å². The van der Waals surface area contributed by atoms with E-state index in [2.05, 4.69) is 40.5 Å². The van der Waals surface area contributed by atoms with Gasteiger partial charge in [0.1, 0.15) is 18.6 Å². The second-order valence-corrected chi connectivity index (χ2v) is 6.82. The van der Waals surface area contributed by atoms with E-state index in [1.54, 1.807) is 7.11 Å². The first-order valence-corrected chi connectivity index (χ1v) is 8.81. The molecule has 2 heterocycles. The second kappa shape index (κ2) is 7.15. The highest BCUT2D eigenvalue weighted by atomic mass is 35.5. The first-order valence-electron chi connectivity index (χ1n) is 8.27. The Labute approximate surface area is 148 Å². The minimum atomic E-state index is 0.0606. The fourth-order valence-corrected chi connectivity index (χ4v) is 4.39. The molecule has 2 aliphatic heterocycles. The third-order valence-corrected chi connectivity index (χ3v) is 5.52. The van der Waals surface area contributed by atoms with Crippen molar-refractivity contribution >= 4 is 24.0 Å². The average Bonchev–Trinajstić information content (AvgIpc) is 3.10. The van der Waals surface area contributed by atoms with Gasteiger partial charge in [0.05, 0.1) is 11.8 Å². The third kappa shape index (κ3) is 2.93. The predicted molar refractivity (Wildman–Crippen MR) is 96.1 cm³/mol. The Kier molecular flexibility index (Phi) is 5.15. The van der Waals surface area contributed by atoms with Gasteiger partial charge in [-0.15, -0.1) is 11.6 Å². The second-order valence-electron chi connectivity index (χ2n) is 6.55. The maximum absolute atomic E-state index is 6.21. The van der Waals surface area contributed by atoms with Crippen LogP contribution in [0.15, 0.2) is 33.3 Å². The highest BCUT2D eigenvalue weighted by Gasteiger charge is 2.45. The van der Waals surface area contributed by atoms with Crippen LogP contribution in [-0.2, 0) is 9.57 Å². The van der Waals surface area contributed by atoms with Gasteiger partial charge in [0.15, 0.2) is 0 Å². The van der Waals surface area contributed by atoms with Crippen LogP contribution >= 0.6 is 11.6 Å². The molecule has 6 nitrogen and oxygen atoms in total. The molecule has 0 radical (unpaired) electrons. The summed E-state index contributed by atoms with van der Waals surface area (Å²) in [5.74, 6) is 2.13. The highest BCUT2D eigenvalue weighted by molar-refractivity contribution is 6.19. The Balaban J connectivity index is 1.88. The van der Waals surface area contributed by atoms with Crippen LogP contribution in [0.4, 0.5) is 0 Å². The van der Waals surface area contributed by atoms with Gasteiger partial charge in [0.25, 0.3) is 0 Å². The number of nitrogens with one attached hydrogen (secondary N) is 2. The van der Waals surface area contributed by atoms with Crippen molar-refractivity contribution in [1.82, 2.24) is 10.6 Å². The number of methoxy groups -OCH3 is 1. The molecule has 24 heavy (non-hydrogen) atoms. The molecule has 2 N–H and O–H groups in total. The van der Waals surface area contributed by atoms with Gasteiger partial charge in [-0.25, -0.2) is 0 Å². The van der Waals surface area contributed by atoms with E-state index in [9.17, 15) is 0 Å². The molecule has 0 fully saturated rings. The first kappa shape index (κ1) is 17.3. The van der Waals surface area contributed by atoms with Crippen molar-refractivity contribution in [2.45, 2.75) is 32.5 Å². The van der Waals surface area contributed by atoms with Crippen LogP contribution in [0, 0.1) is 17.8 Å². The fourth-order valence-electron chi connectivity index (χ4n) is 4.07. The summed E-state index contributed by atoms with van der Waals surface area (Å²) in [6, 6.07) is 0. The Morgan fingerprint density at radius 2 is 2.38 bits per heavy atom. The number of oxime groups is 1. The van der Waals surface area contributed by atoms with Crippen molar-refractivity contribution in [3.05, 3.63) is 23.2 Å². The van der Waals surface area contributed by atoms with E-state index in [1.807, 2.05) is 6.92 Å². The van der Waals surface area contributed by atoms with E-state index in [-0.39, 0.29) is 30.0 Å². The van der Waals surface area contributed by atoms with Crippen molar-refractivity contribution in [3.8, 4) is 0 Å². The summed E-state index contributed by atoms with van der Waals surface area (Å²) in [5.41, 5.74) is 3.37. The van der Waals surface area contributed by atoms with E-state index in [4.69, 9.17) is 21.2 Å². The van der Waals surface area contributed by atoms with Gasteiger partial charge in [-0.05, 0) is 32.6 Å². The third-order valence-electron chi connectivity index (χ3n) is 5.24. The average molecular weight is 353 g/mol. The summed E-state index contributed by atoms with van der Waals surface area (Å²) in [6.07, 6.45) is 3.34. The maximum atomic E-state index is 6.21. The van der Waals surface area contributed by atoms with Gasteiger partial charge in [-0.3, -0.25) is 4.99 Å². The molecule has 1 aliphatic carbocycles. The lowest BCUT2D eigenvalue weighted by Gasteiger charge is -2.36. The number of fused-ring (bicyclic) bond motifs is 1. The molecule has 3 rings (SSSR count). The molecular weight excluding hydrogens is 328 g/mol. The minimum absolute atomic E-state index is 0.0606. The number of aliphatic imine (C=N–C) groups is 1. The monoisotopic (exact) mass is 352 g/mol. The minimum Gasteiger partial charge on any atom is -0.392 e. The summed E-state index contributed by atoms with van der Waals surface area (Å²) in [5, 5.41) is 10.9. The largest absolute Gasteiger partial charge is 0.392 e. The molecule has 3 aliphatic rings. The predicted octanol–water partition coefficient (Wildman–Crippen LogP) is 2.23. The van der Waals surface area contributed by atoms with E-state index in [0.29, 0.717) is 12.5 Å². The lowest BCUT2D eigenvalue weighted by molar-refractivity contribution is 0.00441. The first-order chi connectivity index (χ1) is 11.6. The van der Waals surface area contributed by atoms with Gasteiger partial charge < -0.3 is 20.2 Å². The molecule has 0 aromatic rings. The lowest BCUT2D eigenvalue weighted by Crippen LogP contribution is -2.40. The summed E-state index contributed by atoms with van der Waals surface area (Å²) < 4.78 is 5.83. The molecule has 0 bridgehead atoms. The molecule has 0 spiro atoms. The van der Waals surface area contributed by atoms with E-state index >= 15 is 0 Å². The topological polar surface area (TPSA) is 67.2 Å². The molecular formula is C17H25ClN4O2. The molecule has 0 aromatic heterocycles. The number of hydrogen-bond donors (Lipinski definition) is 2. The standard InChI is InChI=1S/C17H25ClN4O2/c1-9-16(10(2)24-22-9)12-5-14-11(6-15(12)23-4)13(7-18)17(21-14)20-8-19-3/h5,10-12,15-16,20-21H,3,6-8H2,1-2,4H3/t10-,11-,12+,15?,16?/m0/s1. The molecule has 2 unspecified atom stereocenters. The van der Waals surface area contributed by atoms with Crippen LogP contribution in [0.3, 0.4) is 0 Å². The molecule has 0 aromatic carbocycles. The number of nitrogens with zero attached hydrogens (tertiary/aromatic N) is 2. The zero-order chi connectivity index (χ0) is 17.3. The number of allylic oxidation sites excluding steroid dienone is 1. The molecule has 7 heteroatoms. The van der Waals surface area contributed by atoms with Crippen LogP contribution < -0.4 is 10.6 Å². The van der Waals surface area contributed by atoms with Crippen molar-refractivity contribution in [1.29, 1.82) is 0 Å². The van der Waals surface area contributed by atoms with Crippen molar-refractivity contribution < 1.29 is 9.57 Å². The quantitative estimate of drug-likeness (QED) is 0.568. The van der Waals surface area contributed by atoms with E-state index in [0.717, 1.165) is 23.5 Å². The fraction of sp³-hybridized carbons (Fsp3) is 0.647. The van der Waals surface area contributed by atoms with E-state index in [1.165, 1.54) is 5.70 Å². The summed E-state index contributed by atoms with van der Waals surface area (Å²) in [6.45, 7) is 8.06. The number of rotatable bonds is 6. The Morgan fingerprint density at radius 1 is 1.58 bits per heavy atom. The zero-order valence-electron chi connectivity index (χ0n) is 14.4. The smallest absolute Gasteiger partial charge is 0.133 e. The van der Waals surface area contributed by atoms with Crippen LogP contribution in [0.2, 0.25) is 0 Å². The summed E-state index contributed by atoms with van der Waals surface area (Å²) >= 11 is 6.21. The van der Waals surface area contributed by atoms with Gasteiger partial charge in [-0.2, -0.15) is 0 Å². The van der Waals surface area contributed by atoms with Gasteiger partial charge in [0, 0.05) is 36.4 Å². The van der Waals surface area contributed by atoms with Crippen LogP contribution in [-0.4, -0.2) is 44.3 Å². The molecule has 0 saturated heterocycles. The van der Waals surface area contributed by atoms with Gasteiger partial charge >= 0.3 is 0 Å². The van der Waals surface area contributed by atoms with Gasteiger partial charge in [0.2, 0.25) is 0 Å². The summed E-state index contributed by atoms with van der Waals surface area (Å²) in [7, 11) is 1.77. The van der Waals surface area contributed by atoms with Gasteiger partial charge in [-0.1, -0.05) is 11.2 Å². The molecule has 5 atom stereocenters. The number of halogens is 1. The molecule has 132 valence electrons. The maximum Gasteiger partial charge on any atom is 0.133 e. The number of alkyl halides is 1. The van der Waals surface area contributed by atoms with Crippen molar-refractivity contribution in [3.63, 3.8) is 0 Å². The number of ether oxygens (including phenoxy) is 1. The normalized spacial score (nSPS) is 34.9. The zero-order valence-corrected chi connectivity index (χ0v) is 15.1. The van der Waals surface area contributed by atoms with Crippen molar-refractivity contribution in [2.75, 3.05) is 19.7 Å². The highest BCUT2D eigenvalue weighted by Crippen LogP contribution is 2.43. The SMILES string of the molecule is C=NCNC1=C(CCl)[C@@H]2CC(OC)[C@H](C3C(C)=NO[C@H]3C)C=C2N1. The summed E-state index contributed by atoms with van der Waals surface area (Å²) in [4.78, 5) is 9.33. The Hall–Kier alpha value is -1.53. The van der Waals surface area contributed by atoms with Crippen molar-refractivity contribution in [2.24, 2.45) is 27.9 Å². The Bertz CT molecular complexity index is 601. The van der Waals surface area contributed by atoms with Crippen LogP contribution in [0.5, 0.6) is 0 Å². The Morgan fingerprint density at radius 3 is 2.96 bits per heavy atom.